The van der Waals surface area contributed by atoms with Crippen molar-refractivity contribution in [2.75, 3.05) is 4.90 Å². The number of anilines is 3. The molecule has 0 N–H and O–H groups in total. The normalized spacial score (nSPS) is 11.3. The van der Waals surface area contributed by atoms with Crippen molar-refractivity contribution < 1.29 is 0 Å². The molecule has 4 heterocycles. The molecule has 0 fully saturated rings. The van der Waals surface area contributed by atoms with Crippen LogP contribution in [0.1, 0.15) is 26.3 Å². The Morgan fingerprint density at radius 3 is 1.43 bits per heavy atom. The van der Waals surface area contributed by atoms with Gasteiger partial charge in [-0.25, -0.2) is 9.97 Å². The van der Waals surface area contributed by atoms with Crippen molar-refractivity contribution in [1.29, 1.82) is 0 Å². The molecule has 5 aromatic rings. The first-order valence-corrected chi connectivity index (χ1v) is 11.7. The van der Waals surface area contributed by atoms with E-state index in [2.05, 4.69) is 59.9 Å². The first-order chi connectivity index (χ1) is 17.0. The second-order valence-corrected chi connectivity index (χ2v) is 9.32. The number of hydrogen-bond acceptors (Lipinski definition) is 5. The molecule has 1 aromatic carbocycles. The fourth-order valence-electron chi connectivity index (χ4n) is 3.90. The number of aromatic nitrogens is 4. The highest BCUT2D eigenvalue weighted by molar-refractivity contribution is 5.75. The molecule has 0 bridgehead atoms. The number of rotatable bonds is 5. The average Bonchev–Trinajstić information content (AvgIpc) is 2.90. The molecule has 172 valence electrons. The largest absolute Gasteiger partial charge is 0.279 e. The molecule has 35 heavy (non-hydrogen) atoms. The van der Waals surface area contributed by atoms with E-state index < -0.39 is 0 Å². The standard InChI is InChI=1S/C30H27N5/c1-30(2,3)22-16-18-23(19-17-22)35(28-14-8-12-26(33-28)24-10-4-6-20-31-24)29-15-9-13-27(34-29)25-11-5-7-21-32-25/h4-21H,1-3H3. The van der Waals surface area contributed by atoms with Gasteiger partial charge in [-0.3, -0.25) is 14.9 Å². The van der Waals surface area contributed by atoms with E-state index in [1.54, 1.807) is 12.4 Å². The Hall–Kier alpha value is -4.38. The molecule has 5 heteroatoms. The molecule has 0 amide bonds. The zero-order valence-corrected chi connectivity index (χ0v) is 20.1. The van der Waals surface area contributed by atoms with Gasteiger partial charge in [0.15, 0.2) is 0 Å². The monoisotopic (exact) mass is 457 g/mol. The predicted molar refractivity (Wildman–Crippen MR) is 142 cm³/mol. The average molecular weight is 458 g/mol. The molecule has 0 aliphatic rings. The first-order valence-electron chi connectivity index (χ1n) is 11.7. The zero-order chi connectivity index (χ0) is 24.3. The van der Waals surface area contributed by atoms with Crippen molar-refractivity contribution in [3.05, 3.63) is 115 Å². The highest BCUT2D eigenvalue weighted by Crippen LogP contribution is 2.35. The minimum atomic E-state index is 0.0671. The first kappa shape index (κ1) is 22.4. The Balaban J connectivity index is 1.64. The lowest BCUT2D eigenvalue weighted by atomic mass is 9.87. The van der Waals surface area contributed by atoms with Crippen LogP contribution in [0.3, 0.4) is 0 Å². The summed E-state index contributed by atoms with van der Waals surface area (Å²) in [6, 6.07) is 32.3. The lowest BCUT2D eigenvalue weighted by Crippen LogP contribution is -2.15. The summed E-state index contributed by atoms with van der Waals surface area (Å²) in [5.41, 5.74) is 5.58. The Morgan fingerprint density at radius 1 is 0.514 bits per heavy atom. The van der Waals surface area contributed by atoms with Gasteiger partial charge in [-0.2, -0.15) is 0 Å². The summed E-state index contributed by atoms with van der Waals surface area (Å²) in [5, 5.41) is 0. The van der Waals surface area contributed by atoms with Crippen LogP contribution in [0.15, 0.2) is 109 Å². The van der Waals surface area contributed by atoms with Gasteiger partial charge in [-0.05, 0) is 71.6 Å². The van der Waals surface area contributed by atoms with E-state index in [-0.39, 0.29) is 5.41 Å². The molecule has 5 rings (SSSR count). The van der Waals surface area contributed by atoms with Gasteiger partial charge >= 0.3 is 0 Å². The van der Waals surface area contributed by atoms with Crippen LogP contribution in [-0.2, 0) is 5.41 Å². The smallest absolute Gasteiger partial charge is 0.139 e. The van der Waals surface area contributed by atoms with Crippen LogP contribution in [0.4, 0.5) is 17.3 Å². The van der Waals surface area contributed by atoms with E-state index in [0.717, 1.165) is 40.1 Å². The predicted octanol–water partition coefficient (Wildman–Crippen LogP) is 7.37. The lowest BCUT2D eigenvalue weighted by molar-refractivity contribution is 0.590. The van der Waals surface area contributed by atoms with Gasteiger partial charge in [0, 0.05) is 18.1 Å². The molecule has 0 aliphatic heterocycles. The van der Waals surface area contributed by atoms with Crippen molar-refractivity contribution in [2.24, 2.45) is 0 Å². The second kappa shape index (κ2) is 9.47. The van der Waals surface area contributed by atoms with Crippen molar-refractivity contribution in [3.8, 4) is 22.8 Å². The van der Waals surface area contributed by atoms with Gasteiger partial charge in [0.1, 0.15) is 11.6 Å². The summed E-state index contributed by atoms with van der Waals surface area (Å²) >= 11 is 0. The summed E-state index contributed by atoms with van der Waals surface area (Å²) in [6.45, 7) is 6.65. The molecule has 5 nitrogen and oxygen atoms in total. The molecular weight excluding hydrogens is 430 g/mol. The van der Waals surface area contributed by atoms with Crippen LogP contribution >= 0.6 is 0 Å². The van der Waals surface area contributed by atoms with Crippen LogP contribution in [-0.4, -0.2) is 19.9 Å². The third-order valence-electron chi connectivity index (χ3n) is 5.77. The molecule has 0 spiro atoms. The van der Waals surface area contributed by atoms with Gasteiger partial charge in [-0.1, -0.05) is 57.2 Å². The number of hydrogen-bond donors (Lipinski definition) is 0. The minimum Gasteiger partial charge on any atom is -0.279 e. The molecule has 4 aromatic heterocycles. The fraction of sp³-hybridized carbons (Fsp3) is 0.133. The highest BCUT2D eigenvalue weighted by Gasteiger charge is 2.19. The van der Waals surface area contributed by atoms with Crippen molar-refractivity contribution >= 4 is 17.3 Å². The third-order valence-corrected chi connectivity index (χ3v) is 5.77. The van der Waals surface area contributed by atoms with E-state index >= 15 is 0 Å². The second-order valence-electron chi connectivity index (χ2n) is 9.32. The van der Waals surface area contributed by atoms with Crippen molar-refractivity contribution in [1.82, 2.24) is 19.9 Å². The van der Waals surface area contributed by atoms with E-state index in [0.29, 0.717) is 0 Å². The van der Waals surface area contributed by atoms with Gasteiger partial charge in [0.05, 0.1) is 22.8 Å². The van der Waals surface area contributed by atoms with Gasteiger partial charge in [0.2, 0.25) is 0 Å². The van der Waals surface area contributed by atoms with E-state index in [1.807, 2.05) is 72.8 Å². The van der Waals surface area contributed by atoms with Crippen LogP contribution in [0.25, 0.3) is 22.8 Å². The van der Waals surface area contributed by atoms with Gasteiger partial charge in [-0.15, -0.1) is 0 Å². The van der Waals surface area contributed by atoms with Gasteiger partial charge in [0.25, 0.3) is 0 Å². The summed E-state index contributed by atoms with van der Waals surface area (Å²) in [5.74, 6) is 1.53. The highest BCUT2D eigenvalue weighted by atomic mass is 15.2. The number of pyridine rings is 4. The summed E-state index contributed by atoms with van der Waals surface area (Å²) < 4.78 is 0. The summed E-state index contributed by atoms with van der Waals surface area (Å²) in [7, 11) is 0. The molecule has 0 radical (unpaired) electrons. The molecule has 0 atom stereocenters. The summed E-state index contributed by atoms with van der Waals surface area (Å²) in [6.07, 6.45) is 3.56. The third kappa shape index (κ3) is 4.94. The van der Waals surface area contributed by atoms with Gasteiger partial charge < -0.3 is 0 Å². The number of benzene rings is 1. The van der Waals surface area contributed by atoms with Crippen LogP contribution in [0, 0.1) is 0 Å². The molecule has 0 aliphatic carbocycles. The number of nitrogens with zero attached hydrogens (tertiary/aromatic N) is 5. The maximum absolute atomic E-state index is 4.98. The molecule has 0 saturated carbocycles. The lowest BCUT2D eigenvalue weighted by Gasteiger charge is -2.25. The molecular formula is C30H27N5. The minimum absolute atomic E-state index is 0.0671. The van der Waals surface area contributed by atoms with Crippen LogP contribution in [0.2, 0.25) is 0 Å². The molecule has 0 unspecified atom stereocenters. The van der Waals surface area contributed by atoms with E-state index in [1.165, 1.54) is 5.56 Å². The van der Waals surface area contributed by atoms with Crippen molar-refractivity contribution in [3.63, 3.8) is 0 Å². The Bertz CT molecular complexity index is 1330. The van der Waals surface area contributed by atoms with E-state index in [4.69, 9.17) is 9.97 Å². The maximum Gasteiger partial charge on any atom is 0.139 e. The topological polar surface area (TPSA) is 54.8 Å². The molecule has 0 saturated heterocycles. The maximum atomic E-state index is 4.98. The van der Waals surface area contributed by atoms with Crippen LogP contribution in [0.5, 0.6) is 0 Å². The SMILES string of the molecule is CC(C)(C)c1ccc(N(c2cccc(-c3ccccn3)n2)c2cccc(-c3ccccn3)n2)cc1. The Kier molecular flexibility index (Phi) is 6.06. The Morgan fingerprint density at radius 2 is 1.00 bits per heavy atom. The van der Waals surface area contributed by atoms with Crippen molar-refractivity contribution in [2.45, 2.75) is 26.2 Å². The summed E-state index contributed by atoms with van der Waals surface area (Å²) in [4.78, 5) is 21.0. The van der Waals surface area contributed by atoms with Crippen LogP contribution < -0.4 is 4.90 Å². The van der Waals surface area contributed by atoms with E-state index in [9.17, 15) is 0 Å². The Labute approximate surface area is 206 Å². The zero-order valence-electron chi connectivity index (χ0n) is 20.1. The quantitative estimate of drug-likeness (QED) is 0.276. The fourth-order valence-corrected chi connectivity index (χ4v) is 3.90.